The van der Waals surface area contributed by atoms with Crippen LogP contribution in [0.25, 0.3) is 0 Å². The summed E-state index contributed by atoms with van der Waals surface area (Å²) in [5.74, 6) is 0.140. The van der Waals surface area contributed by atoms with Crippen molar-refractivity contribution in [1.82, 2.24) is 10.6 Å². The van der Waals surface area contributed by atoms with E-state index in [4.69, 9.17) is 9.47 Å². The average molecular weight is 527 g/mol. The van der Waals surface area contributed by atoms with Crippen LogP contribution in [-0.4, -0.2) is 55.8 Å². The van der Waals surface area contributed by atoms with Gasteiger partial charge in [-0.2, -0.15) is 0 Å². The van der Waals surface area contributed by atoms with Gasteiger partial charge in [0.1, 0.15) is 0 Å². The van der Waals surface area contributed by atoms with Crippen molar-refractivity contribution in [2.45, 2.75) is 84.0 Å². The normalized spacial score (nSPS) is 10.8. The first-order valence-electron chi connectivity index (χ1n) is 11.5. The summed E-state index contributed by atoms with van der Waals surface area (Å²) < 4.78 is 11.2. The van der Waals surface area contributed by atoms with Crippen molar-refractivity contribution < 1.29 is 19.1 Å². The van der Waals surface area contributed by atoms with E-state index in [9.17, 15) is 9.59 Å². The first-order valence-corrected chi connectivity index (χ1v) is 13.0. The van der Waals surface area contributed by atoms with Gasteiger partial charge in [-0.1, -0.05) is 93.7 Å². The molecule has 0 bridgehead atoms. The maximum absolute atomic E-state index is 11.8. The molecule has 0 fully saturated rings. The molecule has 7 heteroatoms. The van der Waals surface area contributed by atoms with Gasteiger partial charge in [0.25, 0.3) is 0 Å². The number of ether oxygens (including phenoxy) is 2. The van der Waals surface area contributed by atoms with E-state index in [2.05, 4.69) is 17.6 Å². The number of amides is 2. The molecule has 2 N–H and O–H groups in total. The predicted molar refractivity (Wildman–Crippen MR) is 128 cm³/mol. The number of hydrogen-bond donors (Lipinski definition) is 2. The summed E-state index contributed by atoms with van der Waals surface area (Å²) in [5, 5.41) is 5.63. The van der Waals surface area contributed by atoms with Gasteiger partial charge in [-0.25, -0.2) is 0 Å². The summed E-state index contributed by atoms with van der Waals surface area (Å²) in [6.07, 6.45) is 14.9. The third-order valence-corrected chi connectivity index (χ3v) is 5.33. The zero-order chi connectivity index (χ0) is 21.4. The number of carbonyl (C=O) groups excluding carboxylic acids is 2. The molecule has 0 saturated carbocycles. The molecule has 0 heterocycles. The second-order valence-corrected chi connectivity index (χ2v) is 8.11. The zero-order valence-corrected chi connectivity index (χ0v) is 20.6. The third-order valence-electron chi connectivity index (χ3n) is 4.64. The summed E-state index contributed by atoms with van der Waals surface area (Å²) in [7, 11) is 0. The van der Waals surface area contributed by atoms with E-state index < -0.39 is 0 Å². The van der Waals surface area contributed by atoms with Crippen molar-refractivity contribution in [3.63, 3.8) is 0 Å². The lowest BCUT2D eigenvalue weighted by Crippen LogP contribution is -2.28. The minimum Gasteiger partial charge on any atom is -0.377 e. The van der Waals surface area contributed by atoms with Crippen molar-refractivity contribution in [2.75, 3.05) is 43.9 Å². The third kappa shape index (κ3) is 23.7. The highest BCUT2D eigenvalue weighted by Crippen LogP contribution is 2.11. The monoisotopic (exact) mass is 526 g/mol. The summed E-state index contributed by atoms with van der Waals surface area (Å²) >= 11 is 2.02. The Morgan fingerprint density at radius 1 is 0.655 bits per heavy atom. The first-order chi connectivity index (χ1) is 14.2. The van der Waals surface area contributed by atoms with Gasteiger partial charge in [-0.3, -0.25) is 9.59 Å². The Morgan fingerprint density at radius 2 is 1.10 bits per heavy atom. The van der Waals surface area contributed by atoms with Gasteiger partial charge in [-0.15, -0.1) is 0 Å². The van der Waals surface area contributed by atoms with Gasteiger partial charge < -0.3 is 20.1 Å². The van der Waals surface area contributed by atoms with Crippen LogP contribution in [-0.2, 0) is 19.1 Å². The van der Waals surface area contributed by atoms with Crippen molar-refractivity contribution in [1.29, 1.82) is 0 Å². The molecule has 0 radical (unpaired) electrons. The van der Waals surface area contributed by atoms with Gasteiger partial charge in [0.2, 0.25) is 11.8 Å². The van der Waals surface area contributed by atoms with Crippen LogP contribution in [0.2, 0.25) is 0 Å². The van der Waals surface area contributed by atoms with E-state index in [0.29, 0.717) is 50.4 Å². The Hall–Kier alpha value is -0.410. The SMILES string of the molecule is CCCCCCCCCCCCCC(=O)NCCOCCOCCNC(=O)CI. The summed E-state index contributed by atoms with van der Waals surface area (Å²) in [6, 6.07) is 0. The van der Waals surface area contributed by atoms with Crippen LogP contribution in [0.15, 0.2) is 0 Å². The van der Waals surface area contributed by atoms with Crippen LogP contribution in [0.3, 0.4) is 0 Å². The van der Waals surface area contributed by atoms with Gasteiger partial charge in [0.15, 0.2) is 0 Å². The number of hydrogen-bond acceptors (Lipinski definition) is 4. The fourth-order valence-electron chi connectivity index (χ4n) is 2.93. The summed E-state index contributed by atoms with van der Waals surface area (Å²) in [5.41, 5.74) is 0. The number of unbranched alkanes of at least 4 members (excludes halogenated alkanes) is 10. The smallest absolute Gasteiger partial charge is 0.229 e. The molecular weight excluding hydrogens is 483 g/mol. The molecule has 0 aliphatic carbocycles. The van der Waals surface area contributed by atoms with E-state index in [0.717, 1.165) is 12.8 Å². The van der Waals surface area contributed by atoms with E-state index in [1.807, 2.05) is 22.6 Å². The molecule has 0 saturated heterocycles. The molecule has 0 rings (SSSR count). The molecule has 0 atom stereocenters. The highest BCUT2D eigenvalue weighted by molar-refractivity contribution is 14.1. The van der Waals surface area contributed by atoms with Crippen molar-refractivity contribution in [3.05, 3.63) is 0 Å². The minimum absolute atomic E-state index is 0.0226. The molecule has 0 aliphatic heterocycles. The summed E-state index contributed by atoms with van der Waals surface area (Å²) in [4.78, 5) is 22.8. The maximum atomic E-state index is 11.8. The fourth-order valence-corrected chi connectivity index (χ4v) is 3.20. The fraction of sp³-hybridized carbons (Fsp3) is 0.909. The Morgan fingerprint density at radius 3 is 1.59 bits per heavy atom. The average Bonchev–Trinajstić information content (AvgIpc) is 2.73. The van der Waals surface area contributed by atoms with Crippen LogP contribution in [0.1, 0.15) is 84.0 Å². The lowest BCUT2D eigenvalue weighted by Gasteiger charge is -2.08. The number of rotatable bonds is 22. The second kappa shape index (κ2) is 23.9. The predicted octanol–water partition coefficient (Wildman–Crippen LogP) is 4.39. The Labute approximate surface area is 191 Å². The number of carbonyl (C=O) groups is 2. The molecule has 29 heavy (non-hydrogen) atoms. The van der Waals surface area contributed by atoms with Crippen LogP contribution < -0.4 is 10.6 Å². The highest BCUT2D eigenvalue weighted by Gasteiger charge is 2.01. The largest absolute Gasteiger partial charge is 0.377 e. The Bertz CT molecular complexity index is 384. The van der Waals surface area contributed by atoms with E-state index in [-0.39, 0.29) is 11.8 Å². The molecule has 172 valence electrons. The lowest BCUT2D eigenvalue weighted by atomic mass is 10.1. The molecular formula is C22H43IN2O4. The standard InChI is InChI=1S/C22H43IN2O4/c1-2-3-4-5-6-7-8-9-10-11-12-13-21(26)24-14-16-28-18-19-29-17-15-25-22(27)20-23/h2-20H2,1H3,(H,24,26)(H,25,27). The molecule has 0 aromatic rings. The van der Waals surface area contributed by atoms with Gasteiger partial charge >= 0.3 is 0 Å². The van der Waals surface area contributed by atoms with Crippen molar-refractivity contribution >= 4 is 34.4 Å². The molecule has 0 aliphatic rings. The van der Waals surface area contributed by atoms with Crippen LogP contribution in [0.5, 0.6) is 0 Å². The second-order valence-electron chi connectivity index (χ2n) is 7.34. The number of alkyl halides is 1. The van der Waals surface area contributed by atoms with Crippen molar-refractivity contribution in [2.24, 2.45) is 0 Å². The summed E-state index contributed by atoms with van der Waals surface area (Å²) in [6.45, 7) is 5.30. The molecule has 0 unspecified atom stereocenters. The lowest BCUT2D eigenvalue weighted by molar-refractivity contribution is -0.121. The van der Waals surface area contributed by atoms with Crippen molar-refractivity contribution in [3.8, 4) is 0 Å². The highest BCUT2D eigenvalue weighted by atomic mass is 127. The van der Waals surface area contributed by atoms with Crippen LogP contribution in [0.4, 0.5) is 0 Å². The molecule has 0 spiro atoms. The van der Waals surface area contributed by atoms with Gasteiger partial charge in [-0.05, 0) is 6.42 Å². The number of halogens is 1. The van der Waals surface area contributed by atoms with E-state index in [1.54, 1.807) is 0 Å². The number of nitrogens with one attached hydrogen (secondary N) is 2. The van der Waals surface area contributed by atoms with Crippen LogP contribution in [0, 0.1) is 0 Å². The van der Waals surface area contributed by atoms with E-state index >= 15 is 0 Å². The van der Waals surface area contributed by atoms with Gasteiger partial charge in [0.05, 0.1) is 30.9 Å². The molecule has 0 aromatic heterocycles. The topological polar surface area (TPSA) is 76.7 Å². The molecule has 0 aromatic carbocycles. The Kier molecular flexibility index (Phi) is 23.5. The molecule has 2 amide bonds. The van der Waals surface area contributed by atoms with E-state index in [1.165, 1.54) is 57.8 Å². The van der Waals surface area contributed by atoms with Gasteiger partial charge in [0, 0.05) is 19.5 Å². The van der Waals surface area contributed by atoms with Crippen LogP contribution >= 0.6 is 22.6 Å². The molecule has 6 nitrogen and oxygen atoms in total. The zero-order valence-electron chi connectivity index (χ0n) is 18.4. The first kappa shape index (κ1) is 28.6. The Balaban J connectivity index is 3.18. The quantitative estimate of drug-likeness (QED) is 0.125. The maximum Gasteiger partial charge on any atom is 0.229 e. The minimum atomic E-state index is 0.0226.